The summed E-state index contributed by atoms with van der Waals surface area (Å²) in [7, 11) is 0. The van der Waals surface area contributed by atoms with Crippen molar-refractivity contribution in [3.63, 3.8) is 0 Å². The number of nitrogens with zero attached hydrogens (tertiary/aromatic N) is 3. The largest absolute Gasteiger partial charge is 0.392 e. The van der Waals surface area contributed by atoms with Crippen molar-refractivity contribution in [1.29, 1.82) is 0 Å². The van der Waals surface area contributed by atoms with Gasteiger partial charge in [-0.2, -0.15) is 4.98 Å². The fraction of sp³-hybridized carbons (Fsp3) is 0.100. The number of hydrogen-bond acceptors (Lipinski definition) is 7. The molecule has 0 saturated heterocycles. The number of nitrogens with two attached hydrogens (primary N) is 1. The van der Waals surface area contributed by atoms with Crippen molar-refractivity contribution in [2.75, 3.05) is 11.1 Å². The van der Waals surface area contributed by atoms with E-state index in [9.17, 15) is 19.3 Å². The van der Waals surface area contributed by atoms with Crippen LogP contribution in [0.5, 0.6) is 0 Å². The molecule has 0 spiro atoms. The van der Waals surface area contributed by atoms with Crippen molar-refractivity contribution >= 4 is 23.3 Å². The molecular weight excluding hydrogens is 273 g/mol. The molecule has 2 aromatic rings. The second kappa shape index (κ2) is 4.91. The van der Waals surface area contributed by atoms with Crippen molar-refractivity contribution in [2.45, 2.75) is 6.92 Å². The Morgan fingerprint density at radius 3 is 2.80 bits per heavy atom. The fourth-order valence-corrected chi connectivity index (χ4v) is 1.48. The number of anilines is 2. The number of rotatable bonds is 3. The van der Waals surface area contributed by atoms with Crippen molar-refractivity contribution in [3.05, 3.63) is 39.5 Å². The maximum absolute atomic E-state index is 13.6. The van der Waals surface area contributed by atoms with E-state index in [4.69, 9.17) is 5.73 Å². The van der Waals surface area contributed by atoms with E-state index < -0.39 is 33.6 Å². The van der Waals surface area contributed by atoms with Crippen molar-refractivity contribution < 1.29 is 18.6 Å². The minimum absolute atomic E-state index is 0.257. The predicted molar refractivity (Wildman–Crippen MR) is 64.5 cm³/mol. The summed E-state index contributed by atoms with van der Waals surface area (Å²) in [4.78, 5) is 25.4. The number of benzene rings is 1. The fourth-order valence-electron chi connectivity index (χ4n) is 1.48. The van der Waals surface area contributed by atoms with Gasteiger partial charge >= 0.3 is 6.01 Å². The Morgan fingerprint density at radius 1 is 1.55 bits per heavy atom. The van der Waals surface area contributed by atoms with E-state index in [1.807, 2.05) is 0 Å². The molecule has 0 atom stereocenters. The first-order valence-corrected chi connectivity index (χ1v) is 5.24. The standard InChI is InChI=1S/C10H8FN5O4/c1-4-13-10(20-15-4)14-9(17)7-5(11)2-3-6(8(7)12)16(18)19/h2-3H,12H2,1H3,(H,13,14,15,17). The predicted octanol–water partition coefficient (Wildman–Crippen LogP) is 1.26. The number of aromatic nitrogens is 2. The highest BCUT2D eigenvalue weighted by molar-refractivity contribution is 6.08. The number of hydrogen-bond donors (Lipinski definition) is 2. The molecule has 1 aromatic carbocycles. The first-order chi connectivity index (χ1) is 9.40. The second-order valence-corrected chi connectivity index (χ2v) is 3.71. The Hall–Kier alpha value is -3.04. The van der Waals surface area contributed by atoms with Gasteiger partial charge in [-0.3, -0.25) is 20.2 Å². The maximum Gasteiger partial charge on any atom is 0.328 e. The molecule has 0 bridgehead atoms. The van der Waals surface area contributed by atoms with Gasteiger partial charge in [0.2, 0.25) is 0 Å². The minimum Gasteiger partial charge on any atom is -0.392 e. The number of amides is 1. The molecule has 1 amide bonds. The molecule has 104 valence electrons. The Morgan fingerprint density at radius 2 is 2.25 bits per heavy atom. The topological polar surface area (TPSA) is 137 Å². The first kappa shape index (κ1) is 13.4. The highest BCUT2D eigenvalue weighted by atomic mass is 19.1. The number of nitro groups is 1. The molecule has 0 saturated carbocycles. The summed E-state index contributed by atoms with van der Waals surface area (Å²) >= 11 is 0. The number of carbonyl (C=O) groups is 1. The van der Waals surface area contributed by atoms with Gasteiger partial charge in [-0.25, -0.2) is 4.39 Å². The van der Waals surface area contributed by atoms with Gasteiger partial charge in [0, 0.05) is 6.07 Å². The van der Waals surface area contributed by atoms with E-state index in [-0.39, 0.29) is 11.8 Å². The van der Waals surface area contributed by atoms with Gasteiger partial charge in [0.25, 0.3) is 11.6 Å². The molecule has 2 rings (SSSR count). The zero-order valence-corrected chi connectivity index (χ0v) is 10.1. The monoisotopic (exact) mass is 281 g/mol. The third kappa shape index (κ3) is 2.39. The summed E-state index contributed by atoms with van der Waals surface area (Å²) in [5, 5.41) is 16.2. The highest BCUT2D eigenvalue weighted by Gasteiger charge is 2.24. The molecule has 0 aliphatic carbocycles. The van der Waals surface area contributed by atoms with Gasteiger partial charge in [0.1, 0.15) is 17.1 Å². The van der Waals surface area contributed by atoms with Crippen LogP contribution in [-0.2, 0) is 0 Å². The molecule has 0 aliphatic rings. The van der Waals surface area contributed by atoms with Gasteiger partial charge in [0.05, 0.1) is 4.92 Å². The normalized spacial score (nSPS) is 10.3. The average Bonchev–Trinajstić information content (AvgIpc) is 2.74. The number of nitrogen functional groups attached to an aromatic ring is 1. The summed E-state index contributed by atoms with van der Waals surface area (Å²) < 4.78 is 18.2. The molecule has 0 fully saturated rings. The Kier molecular flexibility index (Phi) is 3.29. The van der Waals surface area contributed by atoms with Crippen molar-refractivity contribution in [2.24, 2.45) is 0 Å². The number of nitro benzene ring substituents is 1. The van der Waals surface area contributed by atoms with E-state index in [1.54, 1.807) is 0 Å². The van der Waals surface area contributed by atoms with Gasteiger partial charge < -0.3 is 10.3 Å². The highest BCUT2D eigenvalue weighted by Crippen LogP contribution is 2.27. The van der Waals surface area contributed by atoms with Gasteiger partial charge in [0.15, 0.2) is 5.82 Å². The number of aryl methyl sites for hydroxylation is 1. The third-order valence-corrected chi connectivity index (χ3v) is 2.34. The quantitative estimate of drug-likeness (QED) is 0.490. The van der Waals surface area contributed by atoms with E-state index in [2.05, 4.69) is 20.0 Å². The van der Waals surface area contributed by atoms with E-state index >= 15 is 0 Å². The smallest absolute Gasteiger partial charge is 0.328 e. The lowest BCUT2D eigenvalue weighted by atomic mass is 10.1. The zero-order chi connectivity index (χ0) is 14.9. The van der Waals surface area contributed by atoms with E-state index in [1.165, 1.54) is 6.92 Å². The van der Waals surface area contributed by atoms with Gasteiger partial charge in [-0.1, -0.05) is 5.16 Å². The summed E-state index contributed by atoms with van der Waals surface area (Å²) in [5.74, 6) is -1.76. The van der Waals surface area contributed by atoms with Crippen LogP contribution in [0.3, 0.4) is 0 Å². The van der Waals surface area contributed by atoms with E-state index in [0.29, 0.717) is 0 Å². The summed E-state index contributed by atoms with van der Waals surface area (Å²) in [6, 6.07) is 1.39. The Balaban J connectivity index is 2.38. The number of carbonyl (C=O) groups excluding carboxylic acids is 1. The van der Waals surface area contributed by atoms with Crippen LogP contribution in [0, 0.1) is 22.9 Å². The zero-order valence-electron chi connectivity index (χ0n) is 10.1. The van der Waals surface area contributed by atoms with Crippen molar-refractivity contribution in [3.8, 4) is 0 Å². The van der Waals surface area contributed by atoms with Gasteiger partial charge in [-0.05, 0) is 13.0 Å². The van der Waals surface area contributed by atoms with Crippen LogP contribution in [-0.4, -0.2) is 21.0 Å². The van der Waals surface area contributed by atoms with Crippen LogP contribution in [0.15, 0.2) is 16.7 Å². The van der Waals surface area contributed by atoms with E-state index in [0.717, 1.165) is 12.1 Å². The molecule has 0 aliphatic heterocycles. The van der Waals surface area contributed by atoms with Crippen LogP contribution in [0.4, 0.5) is 21.8 Å². The van der Waals surface area contributed by atoms with Crippen LogP contribution < -0.4 is 11.1 Å². The summed E-state index contributed by atoms with van der Waals surface area (Å²) in [6.07, 6.45) is 0. The SMILES string of the molecule is Cc1noc(NC(=O)c2c(F)ccc([N+](=O)[O-])c2N)n1. The van der Waals surface area contributed by atoms with Gasteiger partial charge in [-0.15, -0.1) is 0 Å². The molecule has 20 heavy (non-hydrogen) atoms. The molecular formula is C10H8FN5O4. The Labute approximate surface area is 110 Å². The number of nitrogens with one attached hydrogen (secondary N) is 1. The molecule has 0 radical (unpaired) electrons. The number of halogens is 1. The molecule has 10 heteroatoms. The van der Waals surface area contributed by atoms with Crippen molar-refractivity contribution in [1.82, 2.24) is 10.1 Å². The molecule has 1 aromatic heterocycles. The summed E-state index contributed by atoms with van der Waals surface area (Å²) in [5.41, 5.74) is 3.63. The second-order valence-electron chi connectivity index (χ2n) is 3.71. The molecule has 1 heterocycles. The third-order valence-electron chi connectivity index (χ3n) is 2.34. The Bertz CT molecular complexity index is 699. The average molecular weight is 281 g/mol. The summed E-state index contributed by atoms with van der Waals surface area (Å²) in [6.45, 7) is 1.52. The lowest BCUT2D eigenvalue weighted by Crippen LogP contribution is -2.17. The first-order valence-electron chi connectivity index (χ1n) is 5.24. The molecule has 0 unspecified atom stereocenters. The van der Waals surface area contributed by atoms with Crippen LogP contribution in [0.1, 0.15) is 16.2 Å². The minimum atomic E-state index is -1.02. The lowest BCUT2D eigenvalue weighted by molar-refractivity contribution is -0.384. The molecule has 9 nitrogen and oxygen atoms in total. The van der Waals surface area contributed by atoms with Crippen LogP contribution in [0.2, 0.25) is 0 Å². The van der Waals surface area contributed by atoms with Crippen LogP contribution in [0.25, 0.3) is 0 Å². The maximum atomic E-state index is 13.6. The van der Waals surface area contributed by atoms with Crippen LogP contribution >= 0.6 is 0 Å². The lowest BCUT2D eigenvalue weighted by Gasteiger charge is -2.06. The molecule has 3 N–H and O–H groups in total.